The summed E-state index contributed by atoms with van der Waals surface area (Å²) >= 11 is 6.00. The van der Waals surface area contributed by atoms with E-state index in [4.69, 9.17) is 27.3 Å². The number of rotatable bonds is 5. The SMILES string of the molecule is CCc1nc2c(N)ncc(-c3cnn(-c4ccc(Cl)cc4)c3)c2nc1N[C@@H]1CCC(O)C1. The zero-order chi connectivity index (χ0) is 22.2. The molecule has 1 saturated carbocycles. The number of nitrogens with two attached hydrogens (primary N) is 1. The summed E-state index contributed by atoms with van der Waals surface area (Å²) in [6.07, 6.45) is 8.27. The van der Waals surface area contributed by atoms with Crippen molar-refractivity contribution < 1.29 is 5.11 Å². The maximum absolute atomic E-state index is 9.90. The van der Waals surface area contributed by atoms with Crippen molar-refractivity contribution in [3.63, 3.8) is 0 Å². The van der Waals surface area contributed by atoms with Gasteiger partial charge in [-0.15, -0.1) is 0 Å². The molecule has 2 atom stereocenters. The Balaban J connectivity index is 1.58. The molecule has 9 heteroatoms. The van der Waals surface area contributed by atoms with Crippen LogP contribution < -0.4 is 11.1 Å². The molecule has 0 spiro atoms. The van der Waals surface area contributed by atoms with E-state index in [1.165, 1.54) is 0 Å². The average Bonchev–Trinajstić information content (AvgIpc) is 3.43. The Morgan fingerprint density at radius 2 is 1.97 bits per heavy atom. The van der Waals surface area contributed by atoms with Gasteiger partial charge in [-0.05, 0) is 49.9 Å². The summed E-state index contributed by atoms with van der Waals surface area (Å²) in [7, 11) is 0. The van der Waals surface area contributed by atoms with E-state index in [1.807, 2.05) is 37.4 Å². The van der Waals surface area contributed by atoms with Crippen molar-refractivity contribution in [3.05, 3.63) is 53.6 Å². The third-order valence-corrected chi connectivity index (χ3v) is 6.12. The topological polar surface area (TPSA) is 115 Å². The third kappa shape index (κ3) is 3.87. The number of nitrogens with one attached hydrogen (secondary N) is 1. The summed E-state index contributed by atoms with van der Waals surface area (Å²) in [5, 5.41) is 18.6. The molecule has 0 amide bonds. The Morgan fingerprint density at radius 3 is 2.69 bits per heavy atom. The fourth-order valence-electron chi connectivity index (χ4n) is 4.15. The molecule has 32 heavy (non-hydrogen) atoms. The fraction of sp³-hybridized carbons (Fsp3) is 0.304. The average molecular weight is 450 g/mol. The molecule has 8 nitrogen and oxygen atoms in total. The van der Waals surface area contributed by atoms with E-state index in [0.29, 0.717) is 34.7 Å². The molecule has 0 bridgehead atoms. The predicted octanol–water partition coefficient (Wildman–Crippen LogP) is 4.00. The van der Waals surface area contributed by atoms with Gasteiger partial charge in [0.15, 0.2) is 5.82 Å². The Hall–Kier alpha value is -3.23. The number of benzene rings is 1. The van der Waals surface area contributed by atoms with Crippen molar-refractivity contribution in [1.29, 1.82) is 0 Å². The van der Waals surface area contributed by atoms with Crippen LogP contribution in [0.15, 0.2) is 42.9 Å². The second kappa shape index (κ2) is 8.37. The number of aliphatic hydroxyl groups is 1. The van der Waals surface area contributed by atoms with E-state index in [-0.39, 0.29) is 12.1 Å². The number of aliphatic hydroxyl groups excluding tert-OH is 1. The molecule has 3 aromatic heterocycles. The minimum atomic E-state index is -0.264. The zero-order valence-corrected chi connectivity index (χ0v) is 18.4. The van der Waals surface area contributed by atoms with Gasteiger partial charge in [0.1, 0.15) is 16.9 Å². The van der Waals surface area contributed by atoms with Gasteiger partial charge in [-0.25, -0.2) is 19.6 Å². The molecule has 1 unspecified atom stereocenters. The molecule has 3 heterocycles. The largest absolute Gasteiger partial charge is 0.393 e. The van der Waals surface area contributed by atoms with Crippen molar-refractivity contribution in [2.75, 3.05) is 11.1 Å². The minimum Gasteiger partial charge on any atom is -0.393 e. The number of nitrogens with zero attached hydrogens (tertiary/aromatic N) is 5. The van der Waals surface area contributed by atoms with Crippen LogP contribution in [0.1, 0.15) is 31.9 Å². The van der Waals surface area contributed by atoms with Crippen molar-refractivity contribution >= 4 is 34.3 Å². The quantitative estimate of drug-likeness (QED) is 0.421. The zero-order valence-electron chi connectivity index (χ0n) is 17.7. The van der Waals surface area contributed by atoms with Gasteiger partial charge < -0.3 is 16.2 Å². The first-order valence-corrected chi connectivity index (χ1v) is 11.1. The van der Waals surface area contributed by atoms with Crippen LogP contribution in [0.2, 0.25) is 5.02 Å². The first-order valence-electron chi connectivity index (χ1n) is 10.7. The molecule has 1 aliphatic carbocycles. The van der Waals surface area contributed by atoms with Crippen molar-refractivity contribution in [3.8, 4) is 16.8 Å². The van der Waals surface area contributed by atoms with Gasteiger partial charge in [-0.3, -0.25) is 0 Å². The van der Waals surface area contributed by atoms with Gasteiger partial charge in [0.25, 0.3) is 0 Å². The number of anilines is 2. The highest BCUT2D eigenvalue weighted by atomic mass is 35.5. The fourth-order valence-corrected chi connectivity index (χ4v) is 4.27. The molecule has 1 fully saturated rings. The monoisotopic (exact) mass is 449 g/mol. The highest BCUT2D eigenvalue weighted by Crippen LogP contribution is 2.32. The lowest BCUT2D eigenvalue weighted by molar-refractivity contribution is 0.182. The van der Waals surface area contributed by atoms with Crippen molar-refractivity contribution in [2.24, 2.45) is 0 Å². The van der Waals surface area contributed by atoms with Crippen LogP contribution in [0, 0.1) is 0 Å². The summed E-state index contributed by atoms with van der Waals surface area (Å²) in [5.74, 6) is 1.08. The molecule has 4 aromatic rings. The van der Waals surface area contributed by atoms with E-state index in [1.54, 1.807) is 17.1 Å². The lowest BCUT2D eigenvalue weighted by Gasteiger charge is -2.17. The molecule has 164 valence electrons. The van der Waals surface area contributed by atoms with E-state index < -0.39 is 0 Å². The lowest BCUT2D eigenvalue weighted by atomic mass is 10.1. The first-order chi connectivity index (χ1) is 15.5. The van der Waals surface area contributed by atoms with Crippen LogP contribution in [-0.2, 0) is 6.42 Å². The summed E-state index contributed by atoms with van der Waals surface area (Å²) in [4.78, 5) is 14.1. The van der Waals surface area contributed by atoms with E-state index in [2.05, 4.69) is 15.4 Å². The summed E-state index contributed by atoms with van der Waals surface area (Å²) < 4.78 is 1.78. The highest BCUT2D eigenvalue weighted by Gasteiger charge is 2.24. The Morgan fingerprint density at radius 1 is 1.16 bits per heavy atom. The Labute approximate surface area is 190 Å². The molecular formula is C23H24ClN7O. The molecule has 1 aliphatic rings. The van der Waals surface area contributed by atoms with Gasteiger partial charge in [0.2, 0.25) is 0 Å². The van der Waals surface area contributed by atoms with Gasteiger partial charge in [-0.1, -0.05) is 18.5 Å². The predicted molar refractivity (Wildman–Crippen MR) is 126 cm³/mol. The van der Waals surface area contributed by atoms with E-state index >= 15 is 0 Å². The maximum atomic E-state index is 9.90. The van der Waals surface area contributed by atoms with Crippen LogP contribution in [0.25, 0.3) is 27.8 Å². The van der Waals surface area contributed by atoms with Crippen molar-refractivity contribution in [1.82, 2.24) is 24.7 Å². The first kappa shape index (κ1) is 20.7. The number of hydrogen-bond donors (Lipinski definition) is 3. The normalized spacial score (nSPS) is 18.3. The third-order valence-electron chi connectivity index (χ3n) is 5.86. The molecule has 0 aliphatic heterocycles. The number of pyridine rings is 1. The molecule has 4 N–H and O–H groups in total. The molecule has 0 saturated heterocycles. The number of nitrogen functional groups attached to an aromatic ring is 1. The molecule has 0 radical (unpaired) electrons. The number of aromatic nitrogens is 5. The lowest BCUT2D eigenvalue weighted by Crippen LogP contribution is -2.19. The van der Waals surface area contributed by atoms with Crippen molar-refractivity contribution in [2.45, 2.75) is 44.8 Å². The maximum Gasteiger partial charge on any atom is 0.151 e. The minimum absolute atomic E-state index is 0.178. The number of aryl methyl sites for hydroxylation is 1. The molecular weight excluding hydrogens is 426 g/mol. The second-order valence-electron chi connectivity index (χ2n) is 8.08. The van der Waals surface area contributed by atoms with E-state index in [0.717, 1.165) is 41.2 Å². The van der Waals surface area contributed by atoms with Gasteiger partial charge >= 0.3 is 0 Å². The van der Waals surface area contributed by atoms with Crippen LogP contribution in [0.5, 0.6) is 0 Å². The van der Waals surface area contributed by atoms with Gasteiger partial charge in [0.05, 0.1) is 23.7 Å². The second-order valence-corrected chi connectivity index (χ2v) is 8.52. The van der Waals surface area contributed by atoms with Crippen LogP contribution >= 0.6 is 11.6 Å². The number of fused-ring (bicyclic) bond motifs is 1. The Bertz CT molecular complexity index is 1270. The smallest absolute Gasteiger partial charge is 0.151 e. The van der Waals surface area contributed by atoms with E-state index in [9.17, 15) is 5.11 Å². The summed E-state index contributed by atoms with van der Waals surface area (Å²) in [6, 6.07) is 7.65. The molecule has 1 aromatic carbocycles. The van der Waals surface area contributed by atoms with Crippen LogP contribution in [0.4, 0.5) is 11.6 Å². The van der Waals surface area contributed by atoms with Crippen LogP contribution in [0.3, 0.4) is 0 Å². The van der Waals surface area contributed by atoms with Crippen LogP contribution in [-0.4, -0.2) is 42.0 Å². The number of hydrogen-bond acceptors (Lipinski definition) is 7. The van der Waals surface area contributed by atoms with Gasteiger partial charge in [-0.2, -0.15) is 5.10 Å². The standard InChI is InChI=1S/C23H24ClN7O/c1-2-19-23(28-15-5-8-17(32)9-15)30-20-18(11-26-22(25)21(20)29-19)13-10-27-31(12-13)16-6-3-14(24)4-7-16/h3-4,6-7,10-12,15,17,32H,2,5,8-9H2,1H3,(H2,25,26)(H,28,30)/t15-,17?/m1/s1. The number of halogens is 1. The van der Waals surface area contributed by atoms with Gasteiger partial charge in [0, 0.05) is 34.6 Å². The summed E-state index contributed by atoms with van der Waals surface area (Å²) in [5.41, 5.74) is 10.8. The molecule has 5 rings (SSSR count). The summed E-state index contributed by atoms with van der Waals surface area (Å²) in [6.45, 7) is 2.04. The Kier molecular flexibility index (Phi) is 5.40. The highest BCUT2D eigenvalue weighted by molar-refractivity contribution is 6.30.